The van der Waals surface area contributed by atoms with Crippen molar-refractivity contribution in [1.29, 1.82) is 0 Å². The van der Waals surface area contributed by atoms with E-state index in [9.17, 15) is 0 Å². The molecular formula is C27H24ClN3O2. The van der Waals surface area contributed by atoms with Gasteiger partial charge < -0.3 is 14.8 Å². The molecule has 5 rings (SSSR count). The third-order valence-corrected chi connectivity index (χ3v) is 6.40. The van der Waals surface area contributed by atoms with Gasteiger partial charge in [-0.3, -0.25) is 0 Å². The van der Waals surface area contributed by atoms with Gasteiger partial charge in [0.1, 0.15) is 0 Å². The molecule has 1 aromatic heterocycles. The molecule has 0 bridgehead atoms. The summed E-state index contributed by atoms with van der Waals surface area (Å²) in [6, 6.07) is 22.3. The fraction of sp³-hybridized carbons (Fsp3) is 0.185. The molecule has 0 fully saturated rings. The number of hydrogen-bond donors (Lipinski definition) is 1. The number of hydrogen-bond acceptors (Lipinski definition) is 5. The van der Waals surface area contributed by atoms with Gasteiger partial charge in [-0.2, -0.15) is 0 Å². The lowest BCUT2D eigenvalue weighted by Crippen LogP contribution is -2.15. The number of aromatic nitrogens is 2. The van der Waals surface area contributed by atoms with Crippen molar-refractivity contribution in [2.45, 2.75) is 18.9 Å². The maximum absolute atomic E-state index is 6.56. The van der Waals surface area contributed by atoms with E-state index in [1.807, 2.05) is 42.6 Å². The smallest absolute Gasteiger partial charge is 0.223 e. The van der Waals surface area contributed by atoms with Gasteiger partial charge in [0.2, 0.25) is 5.95 Å². The second-order valence-electron chi connectivity index (χ2n) is 7.98. The first-order valence-corrected chi connectivity index (χ1v) is 11.2. The number of ether oxygens (including phenoxy) is 2. The van der Waals surface area contributed by atoms with Gasteiger partial charge in [0.15, 0.2) is 11.5 Å². The Hall–Kier alpha value is -3.57. The summed E-state index contributed by atoms with van der Waals surface area (Å²) in [7, 11) is 3.26. The first kappa shape index (κ1) is 21.3. The third-order valence-electron chi connectivity index (χ3n) is 6.06. The predicted molar refractivity (Wildman–Crippen MR) is 131 cm³/mol. The number of halogens is 1. The summed E-state index contributed by atoms with van der Waals surface area (Å²) >= 11 is 6.56. The standard InChI is InChI=1S/C27H24ClN3O2/c1-32-24-12-11-17(13-25(24)33-2)15-29-27-30-16-18-14-22(20-8-5-6-10-23(20)28)19-7-3-4-9-21(19)26(18)31-27/h3-13,16,22H,14-15H2,1-2H3,(H,29,30,31). The van der Waals surface area contributed by atoms with E-state index in [4.69, 9.17) is 26.1 Å². The second kappa shape index (κ2) is 9.12. The van der Waals surface area contributed by atoms with Crippen molar-refractivity contribution in [2.24, 2.45) is 0 Å². The molecule has 3 aromatic carbocycles. The van der Waals surface area contributed by atoms with Crippen molar-refractivity contribution >= 4 is 17.5 Å². The SMILES string of the molecule is COc1ccc(CNc2ncc3c(n2)-c2ccccc2C(c2ccccc2Cl)C3)cc1OC. The van der Waals surface area contributed by atoms with Gasteiger partial charge >= 0.3 is 0 Å². The number of nitrogens with zero attached hydrogens (tertiary/aromatic N) is 2. The van der Waals surface area contributed by atoms with Crippen molar-refractivity contribution in [2.75, 3.05) is 19.5 Å². The zero-order valence-electron chi connectivity index (χ0n) is 18.5. The van der Waals surface area contributed by atoms with Crippen molar-refractivity contribution in [3.8, 4) is 22.8 Å². The first-order chi connectivity index (χ1) is 16.2. The lowest BCUT2D eigenvalue weighted by molar-refractivity contribution is 0.354. The van der Waals surface area contributed by atoms with Crippen LogP contribution in [-0.2, 0) is 13.0 Å². The highest BCUT2D eigenvalue weighted by atomic mass is 35.5. The molecular weight excluding hydrogens is 434 g/mol. The average molecular weight is 458 g/mol. The molecule has 1 heterocycles. The zero-order valence-corrected chi connectivity index (χ0v) is 19.3. The fourth-order valence-electron chi connectivity index (χ4n) is 4.43. The van der Waals surface area contributed by atoms with E-state index in [0.29, 0.717) is 24.0 Å². The molecule has 0 saturated carbocycles. The van der Waals surface area contributed by atoms with Crippen LogP contribution < -0.4 is 14.8 Å². The number of fused-ring (bicyclic) bond motifs is 3. The van der Waals surface area contributed by atoms with E-state index in [1.165, 1.54) is 5.56 Å². The van der Waals surface area contributed by atoms with Crippen LogP contribution in [0.15, 0.2) is 72.9 Å². The van der Waals surface area contributed by atoms with E-state index in [-0.39, 0.29) is 5.92 Å². The maximum Gasteiger partial charge on any atom is 0.223 e. The Bertz CT molecular complexity index is 1310. The van der Waals surface area contributed by atoms with E-state index in [0.717, 1.165) is 39.4 Å². The third kappa shape index (κ3) is 4.12. The Kier molecular flexibility index (Phi) is 5.88. The summed E-state index contributed by atoms with van der Waals surface area (Å²) in [6.07, 6.45) is 2.74. The van der Waals surface area contributed by atoms with Gasteiger partial charge in [0, 0.05) is 29.2 Å². The van der Waals surface area contributed by atoms with Crippen LogP contribution in [0.1, 0.15) is 28.2 Å². The summed E-state index contributed by atoms with van der Waals surface area (Å²) in [5, 5.41) is 4.13. The quantitative estimate of drug-likeness (QED) is 0.378. The van der Waals surface area contributed by atoms with Gasteiger partial charge in [0.25, 0.3) is 0 Å². The van der Waals surface area contributed by atoms with Gasteiger partial charge in [-0.05, 0) is 46.9 Å². The van der Waals surface area contributed by atoms with Gasteiger partial charge in [0.05, 0.1) is 19.9 Å². The zero-order chi connectivity index (χ0) is 22.8. The highest BCUT2D eigenvalue weighted by Crippen LogP contribution is 2.43. The summed E-state index contributed by atoms with van der Waals surface area (Å²) in [5.41, 5.74) is 6.64. The molecule has 1 atom stereocenters. The van der Waals surface area contributed by atoms with Gasteiger partial charge in [-0.1, -0.05) is 60.1 Å². The van der Waals surface area contributed by atoms with Crippen LogP contribution in [0.3, 0.4) is 0 Å². The molecule has 1 N–H and O–H groups in total. The van der Waals surface area contributed by atoms with Gasteiger partial charge in [-0.15, -0.1) is 0 Å². The van der Waals surface area contributed by atoms with Crippen LogP contribution in [0, 0.1) is 0 Å². The van der Waals surface area contributed by atoms with Crippen LogP contribution in [-0.4, -0.2) is 24.2 Å². The maximum atomic E-state index is 6.56. The van der Waals surface area contributed by atoms with E-state index < -0.39 is 0 Å². The van der Waals surface area contributed by atoms with Crippen molar-refractivity contribution in [1.82, 2.24) is 9.97 Å². The first-order valence-electron chi connectivity index (χ1n) is 10.8. The largest absolute Gasteiger partial charge is 0.493 e. The monoisotopic (exact) mass is 457 g/mol. The average Bonchev–Trinajstić information content (AvgIpc) is 2.87. The van der Waals surface area contributed by atoms with Crippen LogP contribution >= 0.6 is 11.6 Å². The summed E-state index contributed by atoms with van der Waals surface area (Å²) < 4.78 is 10.7. The van der Waals surface area contributed by atoms with Crippen LogP contribution in [0.5, 0.6) is 11.5 Å². The molecule has 0 aliphatic heterocycles. The normalized spacial score (nSPS) is 14.2. The molecule has 1 aliphatic carbocycles. The second-order valence-corrected chi connectivity index (χ2v) is 8.38. The lowest BCUT2D eigenvalue weighted by atomic mass is 9.78. The molecule has 0 spiro atoms. The Labute approximate surface area is 198 Å². The lowest BCUT2D eigenvalue weighted by Gasteiger charge is -2.28. The molecule has 4 aromatic rings. The van der Waals surface area contributed by atoms with Crippen molar-refractivity contribution in [3.05, 3.63) is 100 Å². The van der Waals surface area contributed by atoms with Crippen LogP contribution in [0.2, 0.25) is 5.02 Å². The molecule has 33 heavy (non-hydrogen) atoms. The topological polar surface area (TPSA) is 56.3 Å². The predicted octanol–water partition coefficient (Wildman–Crippen LogP) is 6.11. The van der Waals surface area contributed by atoms with Crippen molar-refractivity contribution < 1.29 is 9.47 Å². The highest BCUT2D eigenvalue weighted by molar-refractivity contribution is 6.31. The molecule has 166 valence electrons. The minimum atomic E-state index is 0.177. The molecule has 1 unspecified atom stereocenters. The molecule has 0 radical (unpaired) electrons. The minimum absolute atomic E-state index is 0.177. The molecule has 5 nitrogen and oxygen atoms in total. The number of nitrogens with one attached hydrogen (secondary N) is 1. The number of anilines is 1. The van der Waals surface area contributed by atoms with E-state index >= 15 is 0 Å². The Morgan fingerprint density at radius 2 is 1.70 bits per heavy atom. The van der Waals surface area contributed by atoms with Crippen molar-refractivity contribution in [3.63, 3.8) is 0 Å². The summed E-state index contributed by atoms with van der Waals surface area (Å²) in [6.45, 7) is 0.572. The highest BCUT2D eigenvalue weighted by Gasteiger charge is 2.28. The van der Waals surface area contributed by atoms with Crippen LogP contribution in [0.4, 0.5) is 5.95 Å². The number of benzene rings is 3. The summed E-state index contributed by atoms with van der Waals surface area (Å²) in [4.78, 5) is 9.48. The molecule has 0 amide bonds. The van der Waals surface area contributed by atoms with Crippen LogP contribution in [0.25, 0.3) is 11.3 Å². The Morgan fingerprint density at radius 3 is 2.48 bits per heavy atom. The molecule has 1 aliphatic rings. The Morgan fingerprint density at radius 1 is 0.939 bits per heavy atom. The number of rotatable bonds is 6. The fourth-order valence-corrected chi connectivity index (χ4v) is 4.70. The molecule has 6 heteroatoms. The van der Waals surface area contributed by atoms with E-state index in [2.05, 4.69) is 40.6 Å². The van der Waals surface area contributed by atoms with Gasteiger partial charge in [-0.25, -0.2) is 9.97 Å². The summed E-state index contributed by atoms with van der Waals surface area (Å²) in [5.74, 6) is 2.17. The Balaban J connectivity index is 1.44. The minimum Gasteiger partial charge on any atom is -0.493 e. The molecule has 0 saturated heterocycles. The van der Waals surface area contributed by atoms with E-state index in [1.54, 1.807) is 14.2 Å². The number of methoxy groups -OCH3 is 2.